The molecule has 0 bridgehead atoms. The van der Waals surface area contributed by atoms with Gasteiger partial charge in [0.05, 0.1) is 6.61 Å². The summed E-state index contributed by atoms with van der Waals surface area (Å²) in [5.41, 5.74) is 0. The molecule has 38 valence electrons. The summed E-state index contributed by atoms with van der Waals surface area (Å²) in [4.78, 5) is 0. The Hall–Kier alpha value is 0.660. The van der Waals surface area contributed by atoms with Crippen molar-refractivity contribution in [2.45, 2.75) is 5.25 Å². The van der Waals surface area contributed by atoms with Crippen LogP contribution in [0.2, 0.25) is 0 Å². The van der Waals surface area contributed by atoms with E-state index in [-0.39, 0.29) is 11.9 Å². The van der Waals surface area contributed by atoms with Crippen molar-refractivity contribution in [3.63, 3.8) is 0 Å². The Morgan fingerprint density at radius 3 is 2.17 bits per heavy atom. The molecule has 1 atom stereocenters. The molecule has 3 heteroatoms. The number of hydrogen-bond acceptors (Lipinski definition) is 3. The van der Waals surface area contributed by atoms with E-state index in [1.807, 2.05) is 0 Å². The number of aliphatic hydroxyl groups is 1. The van der Waals surface area contributed by atoms with Gasteiger partial charge in [-0.1, -0.05) is 0 Å². The molecular weight excluding hydrogens is 116 g/mol. The van der Waals surface area contributed by atoms with Crippen LogP contribution in [0.15, 0.2) is 0 Å². The third-order valence-electron chi connectivity index (χ3n) is 0.421. The lowest BCUT2D eigenvalue weighted by atomic mass is 10.5. The van der Waals surface area contributed by atoms with Crippen molar-refractivity contribution in [1.29, 1.82) is 0 Å². The molecule has 0 aromatic carbocycles. The molecule has 0 fully saturated rings. The van der Waals surface area contributed by atoms with Crippen LogP contribution in [-0.2, 0) is 0 Å². The Morgan fingerprint density at radius 1 is 1.67 bits per heavy atom. The zero-order valence-corrected chi connectivity index (χ0v) is 5.12. The first-order valence-corrected chi connectivity index (χ1v) is 2.86. The highest BCUT2D eigenvalue weighted by Gasteiger charge is 1.92. The number of thiol groups is 2. The Labute approximate surface area is 48.6 Å². The van der Waals surface area contributed by atoms with Gasteiger partial charge in [-0.25, -0.2) is 0 Å². The summed E-state index contributed by atoms with van der Waals surface area (Å²) in [6.45, 7) is 0.118. The first-order chi connectivity index (χ1) is 2.81. The Kier molecular flexibility index (Phi) is 4.26. The summed E-state index contributed by atoms with van der Waals surface area (Å²) >= 11 is 7.76. The first kappa shape index (κ1) is 6.66. The fraction of sp³-hybridized carbons (Fsp3) is 1.00. The minimum absolute atomic E-state index is 0.0494. The molecule has 0 saturated carbocycles. The topological polar surface area (TPSA) is 20.2 Å². The molecule has 6 heavy (non-hydrogen) atoms. The van der Waals surface area contributed by atoms with Crippen molar-refractivity contribution >= 4 is 25.3 Å². The van der Waals surface area contributed by atoms with E-state index in [9.17, 15) is 0 Å². The molecule has 0 rings (SSSR count). The van der Waals surface area contributed by atoms with E-state index in [2.05, 4.69) is 25.3 Å². The van der Waals surface area contributed by atoms with Crippen molar-refractivity contribution in [2.24, 2.45) is 0 Å². The van der Waals surface area contributed by atoms with Crippen LogP contribution < -0.4 is 0 Å². The zero-order valence-electron chi connectivity index (χ0n) is 3.33. The van der Waals surface area contributed by atoms with Gasteiger partial charge in [0.1, 0.15) is 0 Å². The van der Waals surface area contributed by atoms with Crippen LogP contribution in [0.3, 0.4) is 0 Å². The highest BCUT2D eigenvalue weighted by molar-refractivity contribution is 7.84. The van der Waals surface area contributed by atoms with Crippen LogP contribution in [0, 0.1) is 0 Å². The SMILES string of the molecule is OC[C@@H](S)CS. The minimum atomic E-state index is 0.0494. The normalized spacial score (nSPS) is 14.5. The van der Waals surface area contributed by atoms with Crippen molar-refractivity contribution in [2.75, 3.05) is 12.4 Å². The third kappa shape index (κ3) is 2.87. The lowest BCUT2D eigenvalue weighted by molar-refractivity contribution is 0.302. The summed E-state index contributed by atoms with van der Waals surface area (Å²) < 4.78 is 0. The minimum Gasteiger partial charge on any atom is -0.395 e. The van der Waals surface area contributed by atoms with Gasteiger partial charge in [0.2, 0.25) is 0 Å². The second-order valence-electron chi connectivity index (χ2n) is 1.02. The van der Waals surface area contributed by atoms with Gasteiger partial charge in [0, 0.05) is 11.0 Å². The summed E-state index contributed by atoms with van der Waals surface area (Å²) in [6.07, 6.45) is 0. The van der Waals surface area contributed by atoms with Gasteiger partial charge in [-0.2, -0.15) is 25.3 Å². The maximum atomic E-state index is 8.21. The Bertz CT molecular complexity index is 28.0. The highest BCUT2D eigenvalue weighted by atomic mass is 32.1. The second-order valence-corrected chi connectivity index (χ2v) is 2.11. The molecule has 0 unspecified atom stereocenters. The van der Waals surface area contributed by atoms with E-state index in [0.717, 1.165) is 0 Å². The summed E-state index contributed by atoms with van der Waals surface area (Å²) in [5, 5.41) is 8.26. The Morgan fingerprint density at radius 2 is 2.17 bits per heavy atom. The molecule has 0 aliphatic heterocycles. The fourth-order valence-corrected chi connectivity index (χ4v) is 0.173. The molecule has 0 spiro atoms. The van der Waals surface area contributed by atoms with Crippen molar-refractivity contribution in [1.82, 2.24) is 0 Å². The zero-order chi connectivity index (χ0) is 4.99. The smallest absolute Gasteiger partial charge is 0.0555 e. The molecule has 0 heterocycles. The maximum Gasteiger partial charge on any atom is 0.0555 e. The fourth-order valence-electron chi connectivity index (χ4n) is 0.0577. The van der Waals surface area contributed by atoms with Crippen LogP contribution in [-0.4, -0.2) is 22.7 Å². The van der Waals surface area contributed by atoms with Crippen LogP contribution in [0.4, 0.5) is 0 Å². The second kappa shape index (κ2) is 3.84. The van der Waals surface area contributed by atoms with E-state index < -0.39 is 0 Å². The van der Waals surface area contributed by atoms with Crippen LogP contribution in [0.1, 0.15) is 0 Å². The van der Waals surface area contributed by atoms with Gasteiger partial charge in [-0.05, 0) is 0 Å². The van der Waals surface area contributed by atoms with E-state index >= 15 is 0 Å². The number of aliphatic hydroxyl groups excluding tert-OH is 1. The van der Waals surface area contributed by atoms with Gasteiger partial charge >= 0.3 is 0 Å². The van der Waals surface area contributed by atoms with Crippen molar-refractivity contribution in [3.05, 3.63) is 0 Å². The molecule has 1 N–H and O–H groups in total. The predicted octanol–water partition coefficient (Wildman–Crippen LogP) is 0.207. The lowest BCUT2D eigenvalue weighted by Gasteiger charge is -1.96. The lowest BCUT2D eigenvalue weighted by Crippen LogP contribution is -2.04. The maximum absolute atomic E-state index is 8.21. The largest absolute Gasteiger partial charge is 0.395 e. The molecule has 0 saturated heterocycles. The standard InChI is InChI=1S/C3H8OS2/c4-1-3(6)2-5/h3-6H,1-2H2/t3-/m1/s1. The average Bonchev–Trinajstić information content (AvgIpc) is 1.65. The molecule has 1 nitrogen and oxygen atoms in total. The molecule has 0 aromatic rings. The monoisotopic (exact) mass is 124 g/mol. The quantitative estimate of drug-likeness (QED) is 0.449. The van der Waals surface area contributed by atoms with Gasteiger partial charge in [0.25, 0.3) is 0 Å². The molecular formula is C3H8OS2. The van der Waals surface area contributed by atoms with Crippen molar-refractivity contribution in [3.8, 4) is 0 Å². The molecule has 0 amide bonds. The number of hydrogen-bond donors (Lipinski definition) is 3. The van der Waals surface area contributed by atoms with E-state index in [0.29, 0.717) is 5.75 Å². The van der Waals surface area contributed by atoms with E-state index in [1.165, 1.54) is 0 Å². The molecule has 0 radical (unpaired) electrons. The van der Waals surface area contributed by atoms with Gasteiger partial charge in [0.15, 0.2) is 0 Å². The van der Waals surface area contributed by atoms with Crippen LogP contribution >= 0.6 is 25.3 Å². The van der Waals surface area contributed by atoms with Crippen molar-refractivity contribution < 1.29 is 5.11 Å². The first-order valence-electron chi connectivity index (χ1n) is 1.71. The van der Waals surface area contributed by atoms with Crippen LogP contribution in [0.25, 0.3) is 0 Å². The predicted molar refractivity (Wildman–Crippen MR) is 33.7 cm³/mol. The third-order valence-corrected chi connectivity index (χ3v) is 1.50. The van der Waals surface area contributed by atoms with E-state index in [1.54, 1.807) is 0 Å². The molecule has 0 aliphatic carbocycles. The van der Waals surface area contributed by atoms with Gasteiger partial charge < -0.3 is 5.11 Å². The molecule has 0 aromatic heterocycles. The van der Waals surface area contributed by atoms with E-state index in [4.69, 9.17) is 5.11 Å². The molecule has 0 aliphatic rings. The van der Waals surface area contributed by atoms with Gasteiger partial charge in [-0.3, -0.25) is 0 Å². The van der Waals surface area contributed by atoms with Gasteiger partial charge in [-0.15, -0.1) is 0 Å². The highest BCUT2D eigenvalue weighted by Crippen LogP contribution is 1.93. The van der Waals surface area contributed by atoms with Crippen LogP contribution in [0.5, 0.6) is 0 Å². The summed E-state index contributed by atoms with van der Waals surface area (Å²) in [6, 6.07) is 0. The average molecular weight is 124 g/mol. The number of rotatable bonds is 2. The Balaban J connectivity index is 2.75. The summed E-state index contributed by atoms with van der Waals surface area (Å²) in [5.74, 6) is 0.639. The summed E-state index contributed by atoms with van der Waals surface area (Å²) in [7, 11) is 0.